The molecule has 0 unspecified atom stereocenters. The molecule has 9 heteroatoms. The summed E-state index contributed by atoms with van der Waals surface area (Å²) in [5, 5.41) is 10.9. The number of hydrogen-bond acceptors (Lipinski definition) is 8. The SMILES string of the molecule is CC(C)n1ncc2cc(C(=O)OCc3nc(-c4cccs4)no3)cnc21. The summed E-state index contributed by atoms with van der Waals surface area (Å²) in [5.41, 5.74) is 1.08. The Balaban J connectivity index is 1.46. The number of carbonyl (C=O) groups excluding carboxylic acids is 1. The van der Waals surface area contributed by atoms with Crippen LogP contribution in [0.15, 0.2) is 40.5 Å². The molecule has 0 aromatic carbocycles. The van der Waals surface area contributed by atoms with Crippen molar-refractivity contribution in [3.8, 4) is 10.7 Å². The van der Waals surface area contributed by atoms with Crippen LogP contribution in [0.25, 0.3) is 21.7 Å². The molecule has 0 bridgehead atoms. The molecule has 4 aromatic rings. The number of pyridine rings is 1. The summed E-state index contributed by atoms with van der Waals surface area (Å²) >= 11 is 1.51. The molecule has 132 valence electrons. The molecule has 0 N–H and O–H groups in total. The maximum absolute atomic E-state index is 12.3. The highest BCUT2D eigenvalue weighted by Gasteiger charge is 2.15. The second kappa shape index (κ2) is 6.68. The third-order valence-electron chi connectivity index (χ3n) is 3.69. The number of rotatable bonds is 5. The van der Waals surface area contributed by atoms with E-state index in [2.05, 4.69) is 20.2 Å². The molecule has 0 radical (unpaired) electrons. The smallest absolute Gasteiger partial charge is 0.340 e. The van der Waals surface area contributed by atoms with Crippen LogP contribution in [0, 0.1) is 0 Å². The van der Waals surface area contributed by atoms with Crippen molar-refractivity contribution in [1.29, 1.82) is 0 Å². The number of thiophene rings is 1. The fourth-order valence-electron chi connectivity index (χ4n) is 2.46. The van der Waals surface area contributed by atoms with E-state index in [9.17, 15) is 4.79 Å². The molecule has 26 heavy (non-hydrogen) atoms. The highest BCUT2D eigenvalue weighted by molar-refractivity contribution is 7.13. The average molecular weight is 369 g/mol. The van der Waals surface area contributed by atoms with Crippen molar-refractivity contribution < 1.29 is 14.1 Å². The van der Waals surface area contributed by atoms with Gasteiger partial charge in [0.2, 0.25) is 5.82 Å². The fourth-order valence-corrected chi connectivity index (χ4v) is 3.11. The van der Waals surface area contributed by atoms with E-state index >= 15 is 0 Å². The van der Waals surface area contributed by atoms with E-state index < -0.39 is 5.97 Å². The van der Waals surface area contributed by atoms with Crippen molar-refractivity contribution in [3.63, 3.8) is 0 Å². The molecular formula is C17H15N5O3S. The van der Waals surface area contributed by atoms with Crippen LogP contribution >= 0.6 is 11.3 Å². The van der Waals surface area contributed by atoms with E-state index in [0.717, 1.165) is 15.9 Å². The second-order valence-electron chi connectivity index (χ2n) is 5.88. The van der Waals surface area contributed by atoms with Gasteiger partial charge in [-0.2, -0.15) is 10.1 Å². The zero-order valence-corrected chi connectivity index (χ0v) is 14.9. The van der Waals surface area contributed by atoms with E-state index in [0.29, 0.717) is 11.4 Å². The number of aromatic nitrogens is 5. The highest BCUT2D eigenvalue weighted by atomic mass is 32.1. The summed E-state index contributed by atoms with van der Waals surface area (Å²) in [6, 6.07) is 5.69. The Morgan fingerprint density at radius 2 is 2.27 bits per heavy atom. The first-order valence-electron chi connectivity index (χ1n) is 7.98. The molecule has 0 aliphatic rings. The van der Waals surface area contributed by atoms with Gasteiger partial charge in [0, 0.05) is 17.6 Å². The van der Waals surface area contributed by atoms with E-state index in [1.807, 2.05) is 31.4 Å². The van der Waals surface area contributed by atoms with Crippen LogP contribution in [0.2, 0.25) is 0 Å². The molecule has 0 aliphatic carbocycles. The number of esters is 1. The van der Waals surface area contributed by atoms with Gasteiger partial charge in [-0.25, -0.2) is 14.5 Å². The summed E-state index contributed by atoms with van der Waals surface area (Å²) in [4.78, 5) is 21.7. The van der Waals surface area contributed by atoms with Crippen molar-refractivity contribution >= 4 is 28.3 Å². The lowest BCUT2D eigenvalue weighted by Gasteiger charge is -2.06. The van der Waals surface area contributed by atoms with Crippen molar-refractivity contribution in [2.75, 3.05) is 0 Å². The summed E-state index contributed by atoms with van der Waals surface area (Å²) in [5.74, 6) is 0.214. The first-order valence-corrected chi connectivity index (χ1v) is 8.86. The molecule has 0 saturated carbocycles. The molecule has 0 saturated heterocycles. The third-order valence-corrected chi connectivity index (χ3v) is 4.56. The summed E-state index contributed by atoms with van der Waals surface area (Å²) < 4.78 is 12.2. The minimum Gasteiger partial charge on any atom is -0.452 e. The van der Waals surface area contributed by atoms with Crippen LogP contribution in [0.3, 0.4) is 0 Å². The molecule has 0 spiro atoms. The Labute approximate surface area is 152 Å². The summed E-state index contributed by atoms with van der Waals surface area (Å²) in [6.45, 7) is 3.94. The van der Waals surface area contributed by atoms with Crippen LogP contribution in [-0.2, 0) is 11.3 Å². The Hall–Kier alpha value is -3.07. The van der Waals surface area contributed by atoms with Crippen molar-refractivity contribution in [3.05, 3.63) is 47.4 Å². The van der Waals surface area contributed by atoms with Crippen molar-refractivity contribution in [1.82, 2.24) is 24.9 Å². The standard InChI is InChI=1S/C17H15N5O3S/c1-10(2)22-16-11(8-19-22)6-12(7-18-16)17(23)24-9-14-20-15(21-25-14)13-4-3-5-26-13/h3-8,10H,9H2,1-2H3. The number of ether oxygens (including phenoxy) is 1. The summed E-state index contributed by atoms with van der Waals surface area (Å²) in [6.07, 6.45) is 3.17. The minimum atomic E-state index is -0.507. The lowest BCUT2D eigenvalue weighted by Crippen LogP contribution is -2.07. The van der Waals surface area contributed by atoms with E-state index in [1.54, 1.807) is 16.9 Å². The van der Waals surface area contributed by atoms with Gasteiger partial charge in [0.15, 0.2) is 12.3 Å². The Morgan fingerprint density at radius 3 is 3.04 bits per heavy atom. The first kappa shape index (κ1) is 16.4. The third kappa shape index (κ3) is 3.08. The first-order chi connectivity index (χ1) is 12.6. The molecule has 0 atom stereocenters. The van der Waals surface area contributed by atoms with Gasteiger partial charge in [-0.3, -0.25) is 0 Å². The van der Waals surface area contributed by atoms with E-state index in [1.165, 1.54) is 17.5 Å². The van der Waals surface area contributed by atoms with Crippen LogP contribution in [0.4, 0.5) is 0 Å². The molecular weight excluding hydrogens is 354 g/mol. The molecule has 4 heterocycles. The van der Waals surface area contributed by atoms with Gasteiger partial charge in [-0.15, -0.1) is 11.3 Å². The van der Waals surface area contributed by atoms with Gasteiger partial charge in [0.25, 0.3) is 5.89 Å². The normalized spacial score (nSPS) is 11.3. The maximum atomic E-state index is 12.3. The lowest BCUT2D eigenvalue weighted by molar-refractivity contribution is 0.0429. The number of hydrogen-bond donors (Lipinski definition) is 0. The predicted molar refractivity (Wildman–Crippen MR) is 94.6 cm³/mol. The van der Waals surface area contributed by atoms with E-state index in [-0.39, 0.29) is 18.5 Å². The minimum absolute atomic E-state index is 0.0967. The molecule has 0 amide bonds. The highest BCUT2D eigenvalue weighted by Crippen LogP contribution is 2.22. The molecule has 0 aliphatic heterocycles. The van der Waals surface area contributed by atoms with Crippen LogP contribution in [0.5, 0.6) is 0 Å². The Kier molecular flexibility index (Phi) is 4.21. The molecule has 4 aromatic heterocycles. The van der Waals surface area contributed by atoms with Crippen LogP contribution in [0.1, 0.15) is 36.1 Å². The largest absolute Gasteiger partial charge is 0.452 e. The van der Waals surface area contributed by atoms with Gasteiger partial charge in [0.05, 0.1) is 16.6 Å². The van der Waals surface area contributed by atoms with Gasteiger partial charge in [0.1, 0.15) is 0 Å². The number of fused-ring (bicyclic) bond motifs is 1. The fraction of sp³-hybridized carbons (Fsp3) is 0.235. The number of carbonyl (C=O) groups is 1. The molecule has 8 nitrogen and oxygen atoms in total. The quantitative estimate of drug-likeness (QED) is 0.497. The molecule has 4 rings (SSSR count). The van der Waals surface area contributed by atoms with Crippen molar-refractivity contribution in [2.24, 2.45) is 0 Å². The average Bonchev–Trinajstić information content (AvgIpc) is 3.38. The maximum Gasteiger partial charge on any atom is 0.340 e. The Bertz CT molecular complexity index is 1050. The lowest BCUT2D eigenvalue weighted by atomic mass is 10.2. The zero-order chi connectivity index (χ0) is 18.1. The topological polar surface area (TPSA) is 95.9 Å². The van der Waals surface area contributed by atoms with Gasteiger partial charge in [-0.05, 0) is 31.4 Å². The second-order valence-corrected chi connectivity index (χ2v) is 6.83. The predicted octanol–water partition coefficient (Wildman–Crippen LogP) is 3.48. The van der Waals surface area contributed by atoms with Crippen LogP contribution < -0.4 is 0 Å². The Morgan fingerprint density at radius 1 is 1.38 bits per heavy atom. The monoisotopic (exact) mass is 369 g/mol. The van der Waals surface area contributed by atoms with Crippen LogP contribution in [-0.4, -0.2) is 30.9 Å². The number of nitrogens with zero attached hydrogens (tertiary/aromatic N) is 5. The van der Waals surface area contributed by atoms with Gasteiger partial charge < -0.3 is 9.26 Å². The van der Waals surface area contributed by atoms with Gasteiger partial charge >= 0.3 is 5.97 Å². The van der Waals surface area contributed by atoms with Crippen molar-refractivity contribution in [2.45, 2.75) is 26.5 Å². The molecule has 0 fully saturated rings. The van der Waals surface area contributed by atoms with E-state index in [4.69, 9.17) is 9.26 Å². The van der Waals surface area contributed by atoms with Gasteiger partial charge in [-0.1, -0.05) is 11.2 Å². The zero-order valence-electron chi connectivity index (χ0n) is 14.1. The summed E-state index contributed by atoms with van der Waals surface area (Å²) in [7, 11) is 0.